The molecule has 2 aromatic heterocycles. The van der Waals surface area contributed by atoms with Crippen molar-refractivity contribution in [1.29, 1.82) is 0 Å². The number of aromatic nitrogens is 2. The van der Waals surface area contributed by atoms with Crippen LogP contribution in [0.4, 0.5) is 22.7 Å². The maximum absolute atomic E-state index is 6.58. The van der Waals surface area contributed by atoms with E-state index in [4.69, 9.17) is 9.72 Å². The van der Waals surface area contributed by atoms with Crippen molar-refractivity contribution in [2.75, 3.05) is 9.80 Å². The van der Waals surface area contributed by atoms with Crippen molar-refractivity contribution in [2.45, 2.75) is 72.6 Å². The zero-order valence-electron chi connectivity index (χ0n) is 32.3. The van der Waals surface area contributed by atoms with Gasteiger partial charge in [-0.25, -0.2) is 4.98 Å². The molecule has 0 bridgehead atoms. The fourth-order valence-electron chi connectivity index (χ4n) is 7.26. The van der Waals surface area contributed by atoms with E-state index in [0.29, 0.717) is 17.4 Å². The van der Waals surface area contributed by atoms with Crippen molar-refractivity contribution in [1.82, 2.24) is 9.55 Å². The maximum Gasteiger partial charge on any atom is 0.135 e. The van der Waals surface area contributed by atoms with Crippen LogP contribution in [0.15, 0.2) is 115 Å². The first-order chi connectivity index (χ1) is 25.3. The molecule has 3 heterocycles. The Morgan fingerprint density at radius 1 is 0.685 bits per heavy atom. The molecule has 0 saturated carbocycles. The smallest absolute Gasteiger partial charge is 0.135 e. The van der Waals surface area contributed by atoms with Gasteiger partial charge in [0.2, 0.25) is 0 Å². The fraction of sp³-hybridized carbons (Fsp3) is 0.250. The molecule has 7 aromatic rings. The minimum Gasteiger partial charge on any atom is -0.509 e. The summed E-state index contributed by atoms with van der Waals surface area (Å²) in [4.78, 5) is 9.35. The first-order valence-corrected chi connectivity index (χ1v) is 18.6. The summed E-state index contributed by atoms with van der Waals surface area (Å²) >= 11 is 0. The standard InChI is InChI=1S/C48H47N4O.Pt/c1-32(2)25-33-13-11-14-36(26-33)50-31-51(43-18-10-9-17-42(43)50)37-15-12-16-38(29-37)53-39-20-22-41-40-21-19-34(47(3,4)5)27-44(40)52(45(41)30-39)46-28-35(23-24-49-46)48(6,7)8;/h9-24,26-28,31-32H,25H2,1-8H3;/q-3;. The van der Waals surface area contributed by atoms with Gasteiger partial charge >= 0.3 is 0 Å². The number of nitrogens with zero attached hydrogens (tertiary/aromatic N) is 4. The number of fused-ring (bicyclic) bond motifs is 4. The second-order valence-corrected chi connectivity index (χ2v) is 16.7. The first kappa shape index (κ1) is 37.5. The average molecular weight is 891 g/mol. The fourth-order valence-corrected chi connectivity index (χ4v) is 7.26. The van der Waals surface area contributed by atoms with Crippen LogP contribution < -0.4 is 14.5 Å². The SMILES string of the molecule is CC(C)Cc1cccc(N2[CH-]N(c3[c-]c(Oc4[c-]c5c(cc4)c4ccc(C(C)(C)C)cc4n5-c4cc(C(C)(C)C)ccn4)ccc3)c3ccccc32)c1.[Pt]. The number of rotatable bonds is 7. The van der Waals surface area contributed by atoms with Crippen LogP contribution in [0, 0.1) is 24.7 Å². The van der Waals surface area contributed by atoms with E-state index in [1.54, 1.807) is 0 Å². The minimum atomic E-state index is -0.0199. The molecule has 8 rings (SSSR count). The number of para-hydroxylation sites is 2. The van der Waals surface area contributed by atoms with E-state index in [0.717, 1.165) is 56.8 Å². The molecular formula is C48H47N4OPt-3. The van der Waals surface area contributed by atoms with E-state index in [9.17, 15) is 0 Å². The summed E-state index contributed by atoms with van der Waals surface area (Å²) in [7, 11) is 0. The third kappa shape index (κ3) is 7.19. The molecule has 1 aliphatic rings. The van der Waals surface area contributed by atoms with Gasteiger partial charge in [0.15, 0.2) is 0 Å². The van der Waals surface area contributed by atoms with Gasteiger partial charge in [0, 0.05) is 61.3 Å². The number of benzene rings is 5. The molecule has 0 atom stereocenters. The molecule has 0 amide bonds. The predicted octanol–water partition coefficient (Wildman–Crippen LogP) is 12.8. The van der Waals surface area contributed by atoms with Gasteiger partial charge in [-0.05, 0) is 87.7 Å². The summed E-state index contributed by atoms with van der Waals surface area (Å²) in [6.45, 7) is 20.1. The van der Waals surface area contributed by atoms with Gasteiger partial charge in [0.05, 0.1) is 0 Å². The average Bonchev–Trinajstić information content (AvgIpc) is 3.67. The third-order valence-corrected chi connectivity index (χ3v) is 10.1. The first-order valence-electron chi connectivity index (χ1n) is 18.6. The van der Waals surface area contributed by atoms with Crippen LogP contribution in [0.2, 0.25) is 0 Å². The Balaban J connectivity index is 0.00000450. The molecule has 0 radical (unpaired) electrons. The quantitative estimate of drug-likeness (QED) is 0.149. The van der Waals surface area contributed by atoms with Crippen molar-refractivity contribution in [3.05, 3.63) is 151 Å². The Hall–Kier alpha value is -4.86. The maximum atomic E-state index is 6.58. The Kier molecular flexibility index (Phi) is 10.00. The molecule has 1 aliphatic heterocycles. The second-order valence-electron chi connectivity index (χ2n) is 16.7. The molecule has 0 spiro atoms. The number of anilines is 4. The molecule has 54 heavy (non-hydrogen) atoms. The summed E-state index contributed by atoms with van der Waals surface area (Å²) in [5, 5.41) is 2.27. The van der Waals surface area contributed by atoms with E-state index in [-0.39, 0.29) is 31.9 Å². The number of ether oxygens (including phenoxy) is 1. The number of pyridine rings is 1. The molecule has 5 nitrogen and oxygen atoms in total. The van der Waals surface area contributed by atoms with Gasteiger partial charge in [-0.3, -0.25) is 0 Å². The van der Waals surface area contributed by atoms with Crippen molar-refractivity contribution in [2.24, 2.45) is 5.92 Å². The van der Waals surface area contributed by atoms with Crippen molar-refractivity contribution >= 4 is 44.6 Å². The van der Waals surface area contributed by atoms with Crippen molar-refractivity contribution < 1.29 is 25.8 Å². The zero-order chi connectivity index (χ0) is 37.1. The monoisotopic (exact) mass is 890 g/mol. The molecule has 0 aliphatic carbocycles. The summed E-state index contributed by atoms with van der Waals surface area (Å²) in [5.74, 6) is 2.69. The van der Waals surface area contributed by atoms with E-state index in [1.165, 1.54) is 16.7 Å². The van der Waals surface area contributed by atoms with Crippen LogP contribution in [0.3, 0.4) is 0 Å². The van der Waals surface area contributed by atoms with Crippen molar-refractivity contribution in [3.8, 4) is 17.3 Å². The van der Waals surface area contributed by atoms with Crippen LogP contribution in [0.25, 0.3) is 27.6 Å². The molecule has 5 aromatic carbocycles. The molecule has 0 N–H and O–H groups in total. The van der Waals surface area contributed by atoms with E-state index in [1.807, 2.05) is 24.4 Å². The van der Waals surface area contributed by atoms with Gasteiger partial charge in [0.25, 0.3) is 0 Å². The van der Waals surface area contributed by atoms with Crippen LogP contribution in [0.5, 0.6) is 11.5 Å². The summed E-state index contributed by atoms with van der Waals surface area (Å²) in [6.07, 6.45) is 2.96. The van der Waals surface area contributed by atoms with Crippen LogP contribution >= 0.6 is 0 Å². The van der Waals surface area contributed by atoms with Gasteiger partial charge in [-0.2, -0.15) is 12.1 Å². The summed E-state index contributed by atoms with van der Waals surface area (Å²) in [6, 6.07) is 45.8. The van der Waals surface area contributed by atoms with Gasteiger partial charge < -0.3 is 19.1 Å². The molecule has 6 heteroatoms. The van der Waals surface area contributed by atoms with Crippen LogP contribution in [-0.4, -0.2) is 9.55 Å². The number of hydrogen-bond donors (Lipinski definition) is 0. The van der Waals surface area contributed by atoms with E-state index in [2.05, 4.69) is 180 Å². The molecule has 278 valence electrons. The Labute approximate surface area is 334 Å². The van der Waals surface area contributed by atoms with Crippen molar-refractivity contribution in [3.63, 3.8) is 0 Å². The molecule has 0 saturated heterocycles. The van der Waals surface area contributed by atoms with Gasteiger partial charge in [0.1, 0.15) is 5.82 Å². The molecule has 0 unspecified atom stereocenters. The Morgan fingerprint density at radius 2 is 1.37 bits per heavy atom. The van der Waals surface area contributed by atoms with Gasteiger partial charge in [-0.1, -0.05) is 97.3 Å². The molecular weight excluding hydrogens is 844 g/mol. The van der Waals surface area contributed by atoms with Crippen LogP contribution in [0.1, 0.15) is 72.1 Å². The topological polar surface area (TPSA) is 33.5 Å². The van der Waals surface area contributed by atoms with Gasteiger partial charge in [-0.15, -0.1) is 48.1 Å². The largest absolute Gasteiger partial charge is 0.509 e. The van der Waals surface area contributed by atoms with E-state index < -0.39 is 0 Å². The zero-order valence-corrected chi connectivity index (χ0v) is 34.6. The normalized spacial score (nSPS) is 13.1. The predicted molar refractivity (Wildman–Crippen MR) is 220 cm³/mol. The third-order valence-electron chi connectivity index (χ3n) is 10.1. The van der Waals surface area contributed by atoms with E-state index >= 15 is 0 Å². The second kappa shape index (κ2) is 14.4. The molecule has 0 fully saturated rings. The Morgan fingerprint density at radius 3 is 2.11 bits per heavy atom. The summed E-state index contributed by atoms with van der Waals surface area (Å²) in [5.41, 5.74) is 10.1. The minimum absolute atomic E-state index is 0. The van der Waals surface area contributed by atoms with Crippen LogP contribution in [-0.2, 0) is 38.3 Å². The summed E-state index contributed by atoms with van der Waals surface area (Å²) < 4.78 is 8.82. The number of hydrogen-bond acceptors (Lipinski definition) is 4. The Bertz CT molecular complexity index is 2470.